The van der Waals surface area contributed by atoms with Gasteiger partial charge in [-0.3, -0.25) is 0 Å². The Hall–Kier alpha value is -2.26. The Balaban J connectivity index is 1.37. The number of allylic oxidation sites excluding steroid dienone is 3. The van der Waals surface area contributed by atoms with Gasteiger partial charge in [0, 0.05) is 30.4 Å². The van der Waals surface area contributed by atoms with Crippen molar-refractivity contribution in [1.29, 1.82) is 0 Å². The summed E-state index contributed by atoms with van der Waals surface area (Å²) < 4.78 is 36.8. The van der Waals surface area contributed by atoms with Crippen molar-refractivity contribution in [3.8, 4) is 0 Å². The molecule has 0 aromatic carbocycles. The summed E-state index contributed by atoms with van der Waals surface area (Å²) in [5.74, 6) is -0.828. The zero-order chi connectivity index (χ0) is 26.0. The molecular formula is C29H36O8. The first kappa shape index (κ1) is 25.0. The Morgan fingerprint density at radius 2 is 1.78 bits per heavy atom. The van der Waals surface area contributed by atoms with E-state index in [4.69, 9.17) is 28.4 Å². The molecule has 3 saturated heterocycles. The van der Waals surface area contributed by atoms with Crippen LogP contribution in [0.25, 0.3) is 0 Å². The van der Waals surface area contributed by atoms with E-state index < -0.39 is 40.8 Å². The largest absolute Gasteiger partial charge is 0.462 e. The Kier molecular flexibility index (Phi) is 6.02. The second kappa shape index (κ2) is 8.90. The molecule has 4 aliphatic heterocycles. The van der Waals surface area contributed by atoms with E-state index in [-0.39, 0.29) is 31.0 Å². The van der Waals surface area contributed by atoms with Gasteiger partial charge >= 0.3 is 11.9 Å². The van der Waals surface area contributed by atoms with Crippen LogP contribution in [0.3, 0.4) is 0 Å². The topological polar surface area (TPSA) is 92.8 Å². The van der Waals surface area contributed by atoms with E-state index in [1.54, 1.807) is 12.2 Å². The molecule has 0 N–H and O–H groups in total. The van der Waals surface area contributed by atoms with E-state index in [0.717, 1.165) is 18.4 Å². The van der Waals surface area contributed by atoms with Crippen molar-refractivity contribution < 1.29 is 38.0 Å². The minimum Gasteiger partial charge on any atom is -0.462 e. The number of esters is 2. The molecule has 4 bridgehead atoms. The maximum Gasteiger partial charge on any atom is 0.331 e. The molecule has 4 fully saturated rings. The van der Waals surface area contributed by atoms with E-state index in [0.29, 0.717) is 19.4 Å². The third-order valence-electron chi connectivity index (χ3n) is 9.58. The summed E-state index contributed by atoms with van der Waals surface area (Å²) in [5.41, 5.74) is 0.362. The average Bonchev–Trinajstić information content (AvgIpc) is 3.54. The molecule has 6 rings (SSSR count). The van der Waals surface area contributed by atoms with E-state index in [2.05, 4.69) is 19.9 Å². The first-order chi connectivity index (χ1) is 17.7. The van der Waals surface area contributed by atoms with Crippen LogP contribution < -0.4 is 0 Å². The summed E-state index contributed by atoms with van der Waals surface area (Å²) in [6.45, 7) is 8.77. The van der Waals surface area contributed by atoms with Crippen LogP contribution in [0.5, 0.6) is 0 Å². The molecule has 0 radical (unpaired) electrons. The molecule has 2 spiro atoms. The quantitative estimate of drug-likeness (QED) is 0.276. The van der Waals surface area contributed by atoms with Gasteiger partial charge in [-0.1, -0.05) is 42.4 Å². The lowest BCUT2D eigenvalue weighted by Gasteiger charge is -2.58. The highest BCUT2D eigenvalue weighted by molar-refractivity contribution is 5.83. The minimum atomic E-state index is -0.590. The number of hydrogen-bond acceptors (Lipinski definition) is 8. The van der Waals surface area contributed by atoms with Gasteiger partial charge in [0.15, 0.2) is 6.29 Å². The predicted molar refractivity (Wildman–Crippen MR) is 132 cm³/mol. The van der Waals surface area contributed by atoms with Crippen LogP contribution in [-0.4, -0.2) is 67.6 Å². The molecule has 5 unspecified atom stereocenters. The van der Waals surface area contributed by atoms with Crippen LogP contribution in [0.1, 0.15) is 53.4 Å². The number of carbonyl (C=O) groups is 2. The number of rotatable bonds is 0. The first-order valence-corrected chi connectivity index (χ1v) is 13.3. The van der Waals surface area contributed by atoms with Crippen molar-refractivity contribution in [2.45, 2.75) is 95.8 Å². The zero-order valence-electron chi connectivity index (χ0n) is 21.9. The molecule has 37 heavy (non-hydrogen) atoms. The molecule has 0 aromatic heterocycles. The van der Waals surface area contributed by atoms with Gasteiger partial charge < -0.3 is 28.4 Å². The normalized spacial score (nSPS) is 50.5. The van der Waals surface area contributed by atoms with E-state index in [1.807, 2.05) is 19.9 Å². The van der Waals surface area contributed by atoms with Gasteiger partial charge in [0.1, 0.15) is 24.4 Å². The molecular weight excluding hydrogens is 476 g/mol. The molecule has 2 aliphatic carbocycles. The molecule has 0 amide bonds. The van der Waals surface area contributed by atoms with Gasteiger partial charge in [-0.2, -0.15) is 0 Å². The van der Waals surface area contributed by atoms with Crippen LogP contribution in [-0.2, 0) is 38.0 Å². The zero-order valence-corrected chi connectivity index (χ0v) is 21.9. The summed E-state index contributed by atoms with van der Waals surface area (Å²) in [6.07, 6.45) is 11.3. The van der Waals surface area contributed by atoms with Crippen molar-refractivity contribution in [3.63, 3.8) is 0 Å². The van der Waals surface area contributed by atoms with Crippen LogP contribution in [0.4, 0.5) is 0 Å². The maximum atomic E-state index is 13.0. The van der Waals surface area contributed by atoms with E-state index in [9.17, 15) is 9.59 Å². The Morgan fingerprint density at radius 1 is 0.973 bits per heavy atom. The lowest BCUT2D eigenvalue weighted by Crippen LogP contribution is -2.66. The van der Waals surface area contributed by atoms with Gasteiger partial charge in [-0.05, 0) is 33.6 Å². The highest BCUT2D eigenvalue weighted by Gasteiger charge is 2.83. The summed E-state index contributed by atoms with van der Waals surface area (Å²) >= 11 is 0. The second-order valence-electron chi connectivity index (χ2n) is 11.7. The molecule has 6 aliphatic rings. The van der Waals surface area contributed by atoms with Crippen molar-refractivity contribution in [1.82, 2.24) is 0 Å². The lowest BCUT2D eigenvalue weighted by molar-refractivity contribution is -0.232. The Labute approximate surface area is 217 Å². The fourth-order valence-corrected chi connectivity index (χ4v) is 7.32. The summed E-state index contributed by atoms with van der Waals surface area (Å²) in [6, 6.07) is 0. The van der Waals surface area contributed by atoms with Crippen molar-refractivity contribution in [2.24, 2.45) is 10.8 Å². The average molecular weight is 513 g/mol. The van der Waals surface area contributed by atoms with E-state index >= 15 is 0 Å². The van der Waals surface area contributed by atoms with Crippen LogP contribution in [0, 0.1) is 10.8 Å². The van der Waals surface area contributed by atoms with Gasteiger partial charge in [-0.25, -0.2) is 9.59 Å². The van der Waals surface area contributed by atoms with Crippen LogP contribution in [0.2, 0.25) is 0 Å². The summed E-state index contributed by atoms with van der Waals surface area (Å²) in [5, 5.41) is 0. The van der Waals surface area contributed by atoms with Crippen molar-refractivity contribution in [3.05, 3.63) is 47.6 Å². The van der Waals surface area contributed by atoms with Crippen molar-refractivity contribution in [2.75, 3.05) is 13.2 Å². The van der Waals surface area contributed by atoms with E-state index in [1.165, 1.54) is 17.7 Å². The standard InChI is InChI=1S/C29H36O8/c1-17-9-10-28-15-32-25(31)12-18(2)13-26-34-19(3)20(35-26)7-5-6-8-24(30)37-21-14-23(36-22(28)11-17)29(16-33-29)27(21,28)4/h5-8,11-12,19-23,26H,9-10,13-16H2,1-4H3/b7-5-,8-6-,18-12-/t19?,20?,21-,22-,23?,26?,27?,28-,29+/m1/s1. The smallest absolute Gasteiger partial charge is 0.331 e. The molecule has 4 heterocycles. The second-order valence-corrected chi connectivity index (χ2v) is 11.7. The van der Waals surface area contributed by atoms with Crippen LogP contribution >= 0.6 is 0 Å². The predicted octanol–water partition coefficient (Wildman–Crippen LogP) is 3.71. The number of carbonyl (C=O) groups excluding carboxylic acids is 2. The fraction of sp³-hybridized carbons (Fsp3) is 0.655. The highest BCUT2D eigenvalue weighted by atomic mass is 16.7. The SMILES string of the molecule is CC1=C[C@H]2OC3C[C@H]4OC(=O)/C=C\C=C/C5OC(C/C(C)=C\C(=O)OC[C@@]2(CC1)C4(C)[C@]31CO1)OC5C. The molecule has 1 saturated carbocycles. The van der Waals surface area contributed by atoms with Crippen molar-refractivity contribution >= 4 is 11.9 Å². The minimum absolute atomic E-state index is 0.147. The number of cyclic esters (lactones) is 1. The lowest BCUT2D eigenvalue weighted by atomic mass is 9.51. The maximum absolute atomic E-state index is 13.0. The third-order valence-corrected chi connectivity index (χ3v) is 9.58. The molecule has 200 valence electrons. The number of fused-ring (bicyclic) bond motifs is 2. The number of epoxide rings is 1. The van der Waals surface area contributed by atoms with Gasteiger partial charge in [0.05, 0.1) is 30.3 Å². The molecule has 9 atom stereocenters. The third kappa shape index (κ3) is 3.87. The molecule has 8 nitrogen and oxygen atoms in total. The molecule has 0 aromatic rings. The first-order valence-electron chi connectivity index (χ1n) is 13.3. The number of hydrogen-bond donors (Lipinski definition) is 0. The number of ether oxygens (including phenoxy) is 6. The monoisotopic (exact) mass is 512 g/mol. The Bertz CT molecular complexity index is 1100. The van der Waals surface area contributed by atoms with Gasteiger partial charge in [0.25, 0.3) is 0 Å². The highest BCUT2D eigenvalue weighted by Crippen LogP contribution is 2.72. The summed E-state index contributed by atoms with van der Waals surface area (Å²) in [7, 11) is 0. The van der Waals surface area contributed by atoms with Gasteiger partial charge in [-0.15, -0.1) is 0 Å². The van der Waals surface area contributed by atoms with Crippen LogP contribution in [0.15, 0.2) is 47.6 Å². The Morgan fingerprint density at radius 3 is 2.57 bits per heavy atom. The fourth-order valence-electron chi connectivity index (χ4n) is 7.32. The van der Waals surface area contributed by atoms with Gasteiger partial charge in [0.2, 0.25) is 0 Å². The summed E-state index contributed by atoms with van der Waals surface area (Å²) in [4.78, 5) is 26.0. The molecule has 8 heteroatoms.